The molecule has 3 N–H and O–H groups in total. The molecule has 0 aliphatic heterocycles. The van der Waals surface area contributed by atoms with Gasteiger partial charge in [0, 0.05) is 25.2 Å². The first-order valence-corrected chi connectivity index (χ1v) is 6.59. The standard InChI is InChI=1S/C16H16N4O/c1-20(2)16-12-9-10(17)7-8-13(12)18-15(19-16)11-5-3-4-6-14(11)21/h3-9,21H,17H2,1-2H3. The zero-order valence-corrected chi connectivity index (χ0v) is 11.9. The van der Waals surface area contributed by atoms with Gasteiger partial charge in [-0.05, 0) is 30.3 Å². The van der Waals surface area contributed by atoms with E-state index >= 15 is 0 Å². The summed E-state index contributed by atoms with van der Waals surface area (Å²) < 4.78 is 0. The highest BCUT2D eigenvalue weighted by Crippen LogP contribution is 2.31. The molecule has 0 saturated heterocycles. The van der Waals surface area contributed by atoms with Gasteiger partial charge in [0.25, 0.3) is 0 Å². The van der Waals surface area contributed by atoms with Crippen molar-refractivity contribution >= 4 is 22.4 Å². The fourth-order valence-electron chi connectivity index (χ4n) is 2.25. The highest BCUT2D eigenvalue weighted by molar-refractivity contribution is 5.93. The molecule has 2 aromatic carbocycles. The number of aromatic hydroxyl groups is 1. The number of nitrogens with zero attached hydrogens (tertiary/aromatic N) is 3. The zero-order chi connectivity index (χ0) is 15.0. The van der Waals surface area contributed by atoms with Crippen molar-refractivity contribution in [2.75, 3.05) is 24.7 Å². The van der Waals surface area contributed by atoms with Crippen LogP contribution in [0.2, 0.25) is 0 Å². The minimum absolute atomic E-state index is 0.164. The molecule has 0 spiro atoms. The molecule has 0 aliphatic carbocycles. The molecule has 5 heteroatoms. The second-order valence-electron chi connectivity index (χ2n) is 5.06. The molecule has 1 aromatic heterocycles. The minimum atomic E-state index is 0.164. The number of nitrogen functional groups attached to an aromatic ring is 1. The summed E-state index contributed by atoms with van der Waals surface area (Å²) >= 11 is 0. The van der Waals surface area contributed by atoms with Crippen LogP contribution < -0.4 is 10.6 Å². The highest BCUT2D eigenvalue weighted by atomic mass is 16.3. The SMILES string of the molecule is CN(C)c1nc(-c2ccccc2O)nc2ccc(N)cc12. The lowest BCUT2D eigenvalue weighted by Crippen LogP contribution is -2.12. The summed E-state index contributed by atoms with van der Waals surface area (Å²) in [5.41, 5.74) is 7.93. The largest absolute Gasteiger partial charge is 0.507 e. The van der Waals surface area contributed by atoms with Crippen LogP contribution in [0, 0.1) is 0 Å². The van der Waals surface area contributed by atoms with E-state index in [1.54, 1.807) is 18.2 Å². The number of hydrogen-bond acceptors (Lipinski definition) is 5. The van der Waals surface area contributed by atoms with E-state index in [2.05, 4.69) is 9.97 Å². The Kier molecular flexibility index (Phi) is 3.10. The number of hydrogen-bond donors (Lipinski definition) is 2. The first kappa shape index (κ1) is 13.2. The van der Waals surface area contributed by atoms with Crippen LogP contribution in [0.3, 0.4) is 0 Å². The third kappa shape index (κ3) is 2.33. The fraction of sp³-hybridized carbons (Fsp3) is 0.125. The van der Waals surface area contributed by atoms with Crippen LogP contribution in [0.4, 0.5) is 11.5 Å². The number of rotatable bonds is 2. The van der Waals surface area contributed by atoms with E-state index in [-0.39, 0.29) is 5.75 Å². The topological polar surface area (TPSA) is 75.3 Å². The van der Waals surface area contributed by atoms with Crippen molar-refractivity contribution in [1.82, 2.24) is 9.97 Å². The van der Waals surface area contributed by atoms with E-state index in [0.29, 0.717) is 17.1 Å². The van der Waals surface area contributed by atoms with E-state index in [4.69, 9.17) is 5.73 Å². The van der Waals surface area contributed by atoms with E-state index in [1.165, 1.54) is 0 Å². The number of nitrogens with two attached hydrogens (primary N) is 1. The molecule has 0 amide bonds. The molecular formula is C16H16N4O. The lowest BCUT2D eigenvalue weighted by atomic mass is 10.1. The predicted molar refractivity (Wildman–Crippen MR) is 85.4 cm³/mol. The smallest absolute Gasteiger partial charge is 0.165 e. The van der Waals surface area contributed by atoms with E-state index < -0.39 is 0 Å². The molecule has 0 bridgehead atoms. The summed E-state index contributed by atoms with van der Waals surface area (Å²) in [5, 5.41) is 10.9. The second-order valence-corrected chi connectivity index (χ2v) is 5.06. The first-order valence-electron chi connectivity index (χ1n) is 6.59. The maximum atomic E-state index is 10.00. The fourth-order valence-corrected chi connectivity index (χ4v) is 2.25. The molecule has 0 saturated carbocycles. The summed E-state index contributed by atoms with van der Waals surface area (Å²) in [6.07, 6.45) is 0. The lowest BCUT2D eigenvalue weighted by molar-refractivity contribution is 0.477. The Morgan fingerprint density at radius 1 is 1.05 bits per heavy atom. The third-order valence-electron chi connectivity index (χ3n) is 3.27. The summed E-state index contributed by atoms with van der Waals surface area (Å²) in [7, 11) is 3.83. The number of phenolic OH excluding ortho intramolecular Hbond substituents is 1. The number of fused-ring (bicyclic) bond motifs is 1. The molecule has 21 heavy (non-hydrogen) atoms. The van der Waals surface area contributed by atoms with E-state index in [1.807, 2.05) is 43.3 Å². The van der Waals surface area contributed by atoms with Gasteiger partial charge in [-0.3, -0.25) is 0 Å². The van der Waals surface area contributed by atoms with Crippen LogP contribution >= 0.6 is 0 Å². The summed E-state index contributed by atoms with van der Waals surface area (Å²) in [5.74, 6) is 1.43. The zero-order valence-electron chi connectivity index (χ0n) is 11.9. The number of benzene rings is 2. The van der Waals surface area contributed by atoms with Gasteiger partial charge < -0.3 is 15.7 Å². The molecule has 0 unspecified atom stereocenters. The Hall–Kier alpha value is -2.82. The van der Waals surface area contributed by atoms with E-state index in [0.717, 1.165) is 16.7 Å². The Bertz CT molecular complexity index is 814. The van der Waals surface area contributed by atoms with Crippen molar-refractivity contribution < 1.29 is 5.11 Å². The van der Waals surface area contributed by atoms with Gasteiger partial charge in [0.2, 0.25) is 0 Å². The van der Waals surface area contributed by atoms with Crippen LogP contribution in [0.5, 0.6) is 5.75 Å². The van der Waals surface area contributed by atoms with Crippen molar-refractivity contribution in [3.05, 3.63) is 42.5 Å². The van der Waals surface area contributed by atoms with Crippen LogP contribution in [-0.4, -0.2) is 29.2 Å². The highest BCUT2D eigenvalue weighted by Gasteiger charge is 2.13. The van der Waals surface area contributed by atoms with Crippen molar-refractivity contribution in [3.63, 3.8) is 0 Å². The van der Waals surface area contributed by atoms with Crippen molar-refractivity contribution in [1.29, 1.82) is 0 Å². The lowest BCUT2D eigenvalue weighted by Gasteiger charge is -2.16. The van der Waals surface area contributed by atoms with Crippen molar-refractivity contribution in [2.24, 2.45) is 0 Å². The molecule has 3 rings (SSSR count). The first-order chi connectivity index (χ1) is 10.1. The number of aromatic nitrogens is 2. The molecule has 0 radical (unpaired) electrons. The van der Waals surface area contributed by atoms with Gasteiger partial charge in [-0.25, -0.2) is 9.97 Å². The average Bonchev–Trinajstić information content (AvgIpc) is 2.46. The summed E-state index contributed by atoms with van der Waals surface area (Å²) in [6, 6.07) is 12.6. The monoisotopic (exact) mass is 280 g/mol. The van der Waals surface area contributed by atoms with Crippen LogP contribution in [0.15, 0.2) is 42.5 Å². The second kappa shape index (κ2) is 4.94. The Morgan fingerprint density at radius 3 is 2.52 bits per heavy atom. The Balaban J connectivity index is 2.31. The van der Waals surface area contributed by atoms with Gasteiger partial charge in [-0.15, -0.1) is 0 Å². The Morgan fingerprint density at radius 2 is 1.81 bits per heavy atom. The molecule has 106 valence electrons. The summed E-state index contributed by atoms with van der Waals surface area (Å²) in [4.78, 5) is 11.0. The molecule has 0 aliphatic rings. The molecule has 5 nitrogen and oxygen atoms in total. The van der Waals surface area contributed by atoms with Crippen molar-refractivity contribution in [2.45, 2.75) is 0 Å². The molecular weight excluding hydrogens is 264 g/mol. The van der Waals surface area contributed by atoms with Gasteiger partial charge >= 0.3 is 0 Å². The van der Waals surface area contributed by atoms with Crippen LogP contribution in [0.1, 0.15) is 0 Å². The maximum Gasteiger partial charge on any atom is 0.165 e. The average molecular weight is 280 g/mol. The van der Waals surface area contributed by atoms with Crippen molar-refractivity contribution in [3.8, 4) is 17.1 Å². The normalized spacial score (nSPS) is 10.8. The van der Waals surface area contributed by atoms with Crippen LogP contribution in [0.25, 0.3) is 22.3 Å². The van der Waals surface area contributed by atoms with Gasteiger partial charge in [-0.2, -0.15) is 0 Å². The predicted octanol–water partition coefficient (Wildman–Crippen LogP) is 2.65. The van der Waals surface area contributed by atoms with Gasteiger partial charge in [0.05, 0.1) is 11.1 Å². The quantitative estimate of drug-likeness (QED) is 0.706. The van der Waals surface area contributed by atoms with Crippen LogP contribution in [-0.2, 0) is 0 Å². The Labute approximate surface area is 122 Å². The molecule has 3 aromatic rings. The molecule has 1 heterocycles. The van der Waals surface area contributed by atoms with Gasteiger partial charge in [0.1, 0.15) is 11.6 Å². The molecule has 0 atom stereocenters. The maximum absolute atomic E-state index is 10.00. The van der Waals surface area contributed by atoms with Gasteiger partial charge in [0.15, 0.2) is 5.82 Å². The number of anilines is 2. The third-order valence-corrected chi connectivity index (χ3v) is 3.27. The number of para-hydroxylation sites is 1. The van der Waals surface area contributed by atoms with Gasteiger partial charge in [-0.1, -0.05) is 12.1 Å². The minimum Gasteiger partial charge on any atom is -0.507 e. The molecule has 0 fully saturated rings. The number of phenols is 1. The van der Waals surface area contributed by atoms with E-state index in [9.17, 15) is 5.11 Å². The summed E-state index contributed by atoms with van der Waals surface area (Å²) in [6.45, 7) is 0.